The molecule has 0 atom stereocenters. The summed E-state index contributed by atoms with van der Waals surface area (Å²) in [4.78, 5) is 13.0. The van der Waals surface area contributed by atoms with Gasteiger partial charge in [0.2, 0.25) is 5.69 Å². The molecule has 5 nitrogen and oxygen atoms in total. The highest BCUT2D eigenvalue weighted by molar-refractivity contribution is 6.07. The van der Waals surface area contributed by atoms with Gasteiger partial charge in [0.05, 0.1) is 11.5 Å². The summed E-state index contributed by atoms with van der Waals surface area (Å²) in [6.45, 7) is 12.8. The second-order valence-corrected chi connectivity index (χ2v) is 14.5. The third-order valence-corrected chi connectivity index (χ3v) is 10.3. The summed E-state index contributed by atoms with van der Waals surface area (Å²) in [6.07, 6.45) is 10.3. The number of fused-ring (bicyclic) bond motifs is 6. The Balaban J connectivity index is 1.27. The van der Waals surface area contributed by atoms with E-state index in [0.29, 0.717) is 5.76 Å². The molecular weight excluding hydrogens is 592 g/mol. The number of benzene rings is 4. The molecule has 0 unspecified atom stereocenters. The van der Waals surface area contributed by atoms with Gasteiger partial charge in [-0.2, -0.15) is 4.58 Å². The highest BCUT2D eigenvalue weighted by atomic mass is 16.7. The van der Waals surface area contributed by atoms with Gasteiger partial charge in [0, 0.05) is 34.5 Å². The van der Waals surface area contributed by atoms with E-state index in [0.717, 1.165) is 41.8 Å². The Morgan fingerprint density at radius 1 is 0.812 bits per heavy atom. The summed E-state index contributed by atoms with van der Waals surface area (Å²) < 4.78 is 13.8. The van der Waals surface area contributed by atoms with Crippen LogP contribution in [0.25, 0.3) is 21.5 Å². The van der Waals surface area contributed by atoms with Gasteiger partial charge in [-0.1, -0.05) is 74.5 Å². The van der Waals surface area contributed by atoms with Crippen LogP contribution in [0.1, 0.15) is 71.9 Å². The second-order valence-electron chi connectivity index (χ2n) is 14.5. The van der Waals surface area contributed by atoms with Crippen molar-refractivity contribution in [1.82, 2.24) is 0 Å². The maximum atomic E-state index is 13.0. The Bertz CT molecular complexity index is 2140. The number of ether oxygens (including phenoxy) is 2. The minimum atomic E-state index is -0.672. The topological polar surface area (TPSA) is 50.6 Å². The minimum absolute atomic E-state index is 0.212. The van der Waals surface area contributed by atoms with Crippen LogP contribution in [0.2, 0.25) is 0 Å². The molecule has 1 N–H and O–H groups in total. The Hall–Kier alpha value is -4.90. The van der Waals surface area contributed by atoms with Crippen LogP contribution in [0.4, 0.5) is 16.2 Å². The van der Waals surface area contributed by atoms with Gasteiger partial charge in [0.1, 0.15) is 12.8 Å². The Morgan fingerprint density at radius 2 is 1.48 bits per heavy atom. The lowest BCUT2D eigenvalue weighted by Gasteiger charge is -2.23. The number of carbonyl (C=O) groups excluding carboxylic acids is 1. The number of hydrogen-bond acceptors (Lipinski definition) is 4. The highest BCUT2D eigenvalue weighted by Gasteiger charge is 2.44. The molecule has 4 aromatic carbocycles. The lowest BCUT2D eigenvalue weighted by molar-refractivity contribution is -0.401. The van der Waals surface area contributed by atoms with Crippen molar-refractivity contribution in [2.45, 2.75) is 77.7 Å². The smallest absolute Gasteiger partial charge is 0.431 e. The van der Waals surface area contributed by atoms with E-state index in [2.05, 4.69) is 142 Å². The lowest BCUT2D eigenvalue weighted by atomic mass is 9.78. The number of nitrogens with zero attached hydrogens (tertiary/aromatic N) is 1. The zero-order chi connectivity index (χ0) is 33.8. The number of nitrogens with one attached hydrogen (secondary N) is 1. The summed E-state index contributed by atoms with van der Waals surface area (Å²) in [5.41, 5.74) is 8.87. The van der Waals surface area contributed by atoms with Crippen molar-refractivity contribution in [2.75, 3.05) is 12.4 Å². The third-order valence-electron chi connectivity index (χ3n) is 10.3. The van der Waals surface area contributed by atoms with Crippen molar-refractivity contribution in [3.8, 4) is 0 Å². The average molecular weight is 638 g/mol. The molecule has 1 aliphatic carbocycles. The molecule has 0 radical (unpaired) electrons. The van der Waals surface area contributed by atoms with Crippen LogP contribution in [0.5, 0.6) is 0 Å². The van der Waals surface area contributed by atoms with E-state index in [1.165, 1.54) is 44.1 Å². The molecule has 3 aliphatic rings. The molecular formula is C43H45N2O3+. The Labute approximate surface area is 284 Å². The number of rotatable bonds is 5. The van der Waals surface area contributed by atoms with Crippen LogP contribution in [0.3, 0.4) is 0 Å². The molecule has 0 amide bonds. The van der Waals surface area contributed by atoms with E-state index >= 15 is 0 Å². The fourth-order valence-corrected chi connectivity index (χ4v) is 7.94. The van der Waals surface area contributed by atoms with Crippen molar-refractivity contribution in [1.29, 1.82) is 0 Å². The first-order valence-electron chi connectivity index (χ1n) is 17.1. The van der Waals surface area contributed by atoms with Crippen LogP contribution in [0.15, 0.2) is 120 Å². The Kier molecular flexibility index (Phi) is 7.90. The van der Waals surface area contributed by atoms with Crippen molar-refractivity contribution in [2.24, 2.45) is 0 Å². The molecule has 0 fully saturated rings. The van der Waals surface area contributed by atoms with Crippen LogP contribution in [-0.4, -0.2) is 29.6 Å². The van der Waals surface area contributed by atoms with Crippen LogP contribution >= 0.6 is 0 Å². The SMILES string of the molecule is CC(C)OC(=O)OC1=C(/C=C/C2=[N+](C)c3ccc4ccccc4c3C2(C)C)CCC/C1=C\C=C1\Nc2ccc3ccccc3c2C1(C)C. The summed E-state index contributed by atoms with van der Waals surface area (Å²) >= 11 is 0. The molecule has 244 valence electrons. The quantitative estimate of drug-likeness (QED) is 0.175. The van der Waals surface area contributed by atoms with E-state index in [1.807, 2.05) is 13.8 Å². The van der Waals surface area contributed by atoms with Crippen molar-refractivity contribution in [3.05, 3.63) is 131 Å². The van der Waals surface area contributed by atoms with Gasteiger partial charge in [-0.15, -0.1) is 0 Å². The first-order valence-corrected chi connectivity index (χ1v) is 17.1. The first-order chi connectivity index (χ1) is 23.0. The zero-order valence-corrected chi connectivity index (χ0v) is 29.1. The molecule has 2 aliphatic heterocycles. The minimum Gasteiger partial charge on any atom is -0.431 e. The van der Waals surface area contributed by atoms with E-state index in [-0.39, 0.29) is 16.9 Å². The molecule has 7 rings (SSSR count). The molecule has 0 saturated heterocycles. The van der Waals surface area contributed by atoms with Gasteiger partial charge in [0.15, 0.2) is 5.71 Å². The maximum Gasteiger partial charge on any atom is 0.514 e. The summed E-state index contributed by atoms with van der Waals surface area (Å²) in [6, 6.07) is 26.0. The van der Waals surface area contributed by atoms with E-state index < -0.39 is 6.16 Å². The summed E-state index contributed by atoms with van der Waals surface area (Å²) in [7, 11) is 2.14. The molecule has 5 heteroatoms. The molecule has 0 saturated carbocycles. The molecule has 48 heavy (non-hydrogen) atoms. The highest BCUT2D eigenvalue weighted by Crippen LogP contribution is 2.47. The van der Waals surface area contributed by atoms with Gasteiger partial charge in [-0.3, -0.25) is 0 Å². The zero-order valence-electron chi connectivity index (χ0n) is 29.1. The van der Waals surface area contributed by atoms with E-state index in [1.54, 1.807) is 0 Å². The predicted octanol–water partition coefficient (Wildman–Crippen LogP) is 10.8. The Morgan fingerprint density at radius 3 is 2.19 bits per heavy atom. The normalized spacial score (nSPS) is 19.9. The first kappa shape index (κ1) is 31.7. The molecule has 2 heterocycles. The number of anilines is 1. The molecule has 0 aromatic heterocycles. The summed E-state index contributed by atoms with van der Waals surface area (Å²) in [5.74, 6) is 0.598. The van der Waals surface area contributed by atoms with Gasteiger partial charge in [0.25, 0.3) is 0 Å². The van der Waals surface area contributed by atoms with Gasteiger partial charge >= 0.3 is 6.16 Å². The fraction of sp³-hybridized carbons (Fsp3) is 0.302. The van der Waals surface area contributed by atoms with Gasteiger partial charge in [-0.25, -0.2) is 4.79 Å². The lowest BCUT2D eigenvalue weighted by Crippen LogP contribution is -2.27. The van der Waals surface area contributed by atoms with E-state index in [9.17, 15) is 4.79 Å². The fourth-order valence-electron chi connectivity index (χ4n) is 7.94. The van der Waals surface area contributed by atoms with Gasteiger partial charge < -0.3 is 14.8 Å². The summed E-state index contributed by atoms with van der Waals surface area (Å²) in [5, 5.41) is 8.72. The number of hydrogen-bond donors (Lipinski definition) is 1. The maximum absolute atomic E-state index is 13.0. The largest absolute Gasteiger partial charge is 0.514 e. The molecule has 0 spiro atoms. The average Bonchev–Trinajstić information content (AvgIpc) is 3.43. The third kappa shape index (κ3) is 5.35. The van der Waals surface area contributed by atoms with Crippen LogP contribution in [0, 0.1) is 0 Å². The van der Waals surface area contributed by atoms with Crippen LogP contribution < -0.4 is 5.32 Å². The number of carbonyl (C=O) groups is 1. The number of allylic oxidation sites excluding steroid dienone is 7. The van der Waals surface area contributed by atoms with E-state index in [4.69, 9.17) is 9.47 Å². The molecule has 0 bridgehead atoms. The second kappa shape index (κ2) is 12.0. The predicted molar refractivity (Wildman–Crippen MR) is 197 cm³/mol. The molecule has 4 aromatic rings. The van der Waals surface area contributed by atoms with Crippen molar-refractivity contribution < 1.29 is 18.8 Å². The van der Waals surface area contributed by atoms with Crippen LogP contribution in [-0.2, 0) is 20.3 Å². The monoisotopic (exact) mass is 637 g/mol. The van der Waals surface area contributed by atoms with Crippen molar-refractivity contribution >= 4 is 44.8 Å². The van der Waals surface area contributed by atoms with Crippen molar-refractivity contribution in [3.63, 3.8) is 0 Å². The van der Waals surface area contributed by atoms with Gasteiger partial charge in [-0.05, 0) is 109 Å². The standard InChI is InChI=1S/C43H44N2O3/c1-27(2)47-41(46)48-40-30(21-25-36-42(3,4)38-32-17-10-8-13-28(32)19-23-34(38)44-36)15-12-16-31(40)22-26-37-43(5,6)39-33-18-11-9-14-29(33)20-24-35(39)45(37)7/h8-11,13-14,17-27H,12,15-16H2,1-7H3/p+1.